The van der Waals surface area contributed by atoms with E-state index in [0.29, 0.717) is 5.56 Å². The molecule has 1 N–H and O–H groups in total. The van der Waals surface area contributed by atoms with Crippen LogP contribution in [0.3, 0.4) is 0 Å². The lowest BCUT2D eigenvalue weighted by atomic mass is 10.0. The molecule has 0 unspecified atom stereocenters. The maximum absolute atomic E-state index is 12.1. The van der Waals surface area contributed by atoms with Gasteiger partial charge >= 0.3 is 18.6 Å². The SMILES string of the molecule is COC(=O)c1cc(OC(F)F)ccc1CCC(=O)O. The predicted molar refractivity (Wildman–Crippen MR) is 60.4 cm³/mol. The average Bonchev–Trinajstić information content (AvgIpc) is 2.35. The van der Waals surface area contributed by atoms with Gasteiger partial charge in [0.05, 0.1) is 12.7 Å². The monoisotopic (exact) mass is 274 g/mol. The van der Waals surface area contributed by atoms with Crippen LogP contribution in [-0.4, -0.2) is 30.8 Å². The van der Waals surface area contributed by atoms with E-state index < -0.39 is 18.6 Å². The second-order valence-corrected chi connectivity index (χ2v) is 3.58. The Hall–Kier alpha value is -2.18. The number of halogens is 2. The summed E-state index contributed by atoms with van der Waals surface area (Å²) in [6, 6.07) is 3.72. The molecule has 0 fully saturated rings. The molecule has 104 valence electrons. The first kappa shape index (κ1) is 14.9. The molecule has 0 heterocycles. The zero-order chi connectivity index (χ0) is 14.4. The Bertz CT molecular complexity index is 473. The van der Waals surface area contributed by atoms with Crippen molar-refractivity contribution in [1.82, 2.24) is 0 Å². The van der Waals surface area contributed by atoms with Crippen LogP contribution in [0.4, 0.5) is 8.78 Å². The molecule has 0 aliphatic carbocycles. The maximum atomic E-state index is 12.1. The summed E-state index contributed by atoms with van der Waals surface area (Å²) in [5, 5.41) is 8.59. The highest BCUT2D eigenvalue weighted by Gasteiger charge is 2.15. The van der Waals surface area contributed by atoms with E-state index in [2.05, 4.69) is 9.47 Å². The number of ether oxygens (including phenoxy) is 2. The Kier molecular flexibility index (Phi) is 5.23. The second kappa shape index (κ2) is 6.67. The minimum Gasteiger partial charge on any atom is -0.481 e. The third kappa shape index (κ3) is 4.53. The van der Waals surface area contributed by atoms with Crippen molar-refractivity contribution in [2.45, 2.75) is 19.5 Å². The first-order valence-electron chi connectivity index (χ1n) is 5.32. The quantitative estimate of drug-likeness (QED) is 0.804. The van der Waals surface area contributed by atoms with Crippen molar-refractivity contribution in [3.8, 4) is 5.75 Å². The molecule has 0 radical (unpaired) electrons. The minimum atomic E-state index is -3.00. The molecule has 19 heavy (non-hydrogen) atoms. The highest BCUT2D eigenvalue weighted by atomic mass is 19.3. The molecule has 0 saturated heterocycles. The standard InChI is InChI=1S/C12H12F2O5/c1-18-11(17)9-6-8(19-12(13)14)4-2-7(9)3-5-10(15)16/h2,4,6,12H,3,5H2,1H3,(H,15,16). The largest absolute Gasteiger partial charge is 0.481 e. The second-order valence-electron chi connectivity index (χ2n) is 3.58. The molecule has 0 aromatic heterocycles. The van der Waals surface area contributed by atoms with Crippen molar-refractivity contribution < 1.29 is 33.0 Å². The Balaban J connectivity index is 3.02. The molecule has 7 heteroatoms. The zero-order valence-corrected chi connectivity index (χ0v) is 10.1. The van der Waals surface area contributed by atoms with Crippen molar-refractivity contribution in [1.29, 1.82) is 0 Å². The Morgan fingerprint density at radius 3 is 2.58 bits per heavy atom. The number of carboxylic acid groups (broad SMARTS) is 1. The summed E-state index contributed by atoms with van der Waals surface area (Å²) >= 11 is 0. The summed E-state index contributed by atoms with van der Waals surface area (Å²) in [5.41, 5.74) is 0.415. The van der Waals surface area contributed by atoms with Crippen molar-refractivity contribution in [3.05, 3.63) is 29.3 Å². The minimum absolute atomic E-state index is 0.0156. The number of hydrogen-bond acceptors (Lipinski definition) is 4. The Morgan fingerprint density at radius 1 is 1.37 bits per heavy atom. The van der Waals surface area contributed by atoms with Gasteiger partial charge in [-0.15, -0.1) is 0 Å². The first-order chi connectivity index (χ1) is 8.93. The highest BCUT2D eigenvalue weighted by Crippen LogP contribution is 2.21. The van der Waals surface area contributed by atoms with Crippen molar-refractivity contribution in [3.63, 3.8) is 0 Å². The number of rotatable bonds is 6. The molecule has 0 spiro atoms. The molecule has 0 aliphatic heterocycles. The van der Waals surface area contributed by atoms with Crippen molar-refractivity contribution >= 4 is 11.9 Å². The summed E-state index contributed by atoms with van der Waals surface area (Å²) in [5.74, 6) is -1.95. The molecule has 0 amide bonds. The number of carbonyl (C=O) groups excluding carboxylic acids is 1. The number of alkyl halides is 2. The lowest BCUT2D eigenvalue weighted by Gasteiger charge is -2.10. The number of methoxy groups -OCH3 is 1. The van der Waals surface area contributed by atoms with Gasteiger partial charge in [-0.05, 0) is 24.1 Å². The molecule has 0 atom stereocenters. The van der Waals surface area contributed by atoms with Gasteiger partial charge in [0.15, 0.2) is 0 Å². The van der Waals surface area contributed by atoms with E-state index in [1.165, 1.54) is 12.1 Å². The predicted octanol–water partition coefficient (Wildman–Crippen LogP) is 2.09. The molecule has 1 aromatic rings. The smallest absolute Gasteiger partial charge is 0.387 e. The van der Waals surface area contributed by atoms with Gasteiger partial charge in [0.2, 0.25) is 0 Å². The summed E-state index contributed by atoms with van der Waals surface area (Å²) in [6.07, 6.45) is -0.0895. The fourth-order valence-corrected chi connectivity index (χ4v) is 1.49. The van der Waals surface area contributed by atoms with Crippen LogP contribution < -0.4 is 4.74 Å². The molecule has 0 saturated carbocycles. The van der Waals surface area contributed by atoms with Gasteiger partial charge < -0.3 is 14.6 Å². The van der Waals surface area contributed by atoms with E-state index in [-0.39, 0.29) is 24.2 Å². The van der Waals surface area contributed by atoms with Crippen LogP contribution >= 0.6 is 0 Å². The van der Waals surface area contributed by atoms with Crippen LogP contribution in [0.1, 0.15) is 22.3 Å². The van der Waals surface area contributed by atoms with Gasteiger partial charge in [0.25, 0.3) is 0 Å². The summed E-state index contributed by atoms with van der Waals surface area (Å²) in [4.78, 5) is 22.0. The van der Waals surface area contributed by atoms with Crippen LogP contribution in [0, 0.1) is 0 Å². The van der Waals surface area contributed by atoms with Gasteiger partial charge in [-0.3, -0.25) is 4.79 Å². The van der Waals surface area contributed by atoms with Gasteiger partial charge in [-0.25, -0.2) is 4.79 Å². The van der Waals surface area contributed by atoms with Gasteiger partial charge in [0, 0.05) is 6.42 Å². The van der Waals surface area contributed by atoms with E-state index in [1.807, 2.05) is 0 Å². The fraction of sp³-hybridized carbons (Fsp3) is 0.333. The number of aliphatic carboxylic acids is 1. The number of carbonyl (C=O) groups is 2. The van der Waals surface area contributed by atoms with Crippen molar-refractivity contribution in [2.75, 3.05) is 7.11 Å². The van der Waals surface area contributed by atoms with Crippen LogP contribution in [0.2, 0.25) is 0 Å². The van der Waals surface area contributed by atoms with E-state index in [0.717, 1.165) is 13.2 Å². The maximum Gasteiger partial charge on any atom is 0.387 e. The van der Waals surface area contributed by atoms with Crippen LogP contribution in [0.25, 0.3) is 0 Å². The number of carboxylic acids is 1. The van der Waals surface area contributed by atoms with Crippen LogP contribution in [-0.2, 0) is 16.0 Å². The molecule has 0 bridgehead atoms. The number of benzene rings is 1. The first-order valence-corrected chi connectivity index (χ1v) is 5.32. The lowest BCUT2D eigenvalue weighted by Crippen LogP contribution is -2.09. The lowest BCUT2D eigenvalue weighted by molar-refractivity contribution is -0.136. The molecule has 0 aliphatic rings. The fourth-order valence-electron chi connectivity index (χ4n) is 1.49. The third-order valence-corrected chi connectivity index (χ3v) is 2.32. The number of aryl methyl sites for hydroxylation is 1. The van der Waals surface area contributed by atoms with Gasteiger partial charge in [-0.2, -0.15) is 8.78 Å². The highest BCUT2D eigenvalue weighted by molar-refractivity contribution is 5.91. The molecule has 1 rings (SSSR count). The van der Waals surface area contributed by atoms with Crippen LogP contribution in [0.5, 0.6) is 5.75 Å². The summed E-state index contributed by atoms with van der Waals surface area (Å²) < 4.78 is 32.8. The van der Waals surface area contributed by atoms with Crippen molar-refractivity contribution in [2.24, 2.45) is 0 Å². The molecule has 1 aromatic carbocycles. The Labute approximate surface area is 107 Å². The van der Waals surface area contributed by atoms with Gasteiger partial charge in [-0.1, -0.05) is 6.07 Å². The number of esters is 1. The van der Waals surface area contributed by atoms with E-state index in [9.17, 15) is 18.4 Å². The summed E-state index contributed by atoms with van der Waals surface area (Å²) in [6.45, 7) is -3.00. The third-order valence-electron chi connectivity index (χ3n) is 2.32. The van der Waals surface area contributed by atoms with Crippen LogP contribution in [0.15, 0.2) is 18.2 Å². The molecule has 5 nitrogen and oxygen atoms in total. The molecular formula is C12H12F2O5. The molecular weight excluding hydrogens is 262 g/mol. The van der Waals surface area contributed by atoms with E-state index in [4.69, 9.17) is 5.11 Å². The summed E-state index contributed by atoms with van der Waals surface area (Å²) in [7, 11) is 1.14. The van der Waals surface area contributed by atoms with E-state index in [1.54, 1.807) is 0 Å². The normalized spacial score (nSPS) is 10.3. The van der Waals surface area contributed by atoms with Gasteiger partial charge in [0.1, 0.15) is 5.75 Å². The van der Waals surface area contributed by atoms with E-state index >= 15 is 0 Å². The topological polar surface area (TPSA) is 72.8 Å². The average molecular weight is 274 g/mol. The Morgan fingerprint density at radius 2 is 2.05 bits per heavy atom. The number of hydrogen-bond donors (Lipinski definition) is 1. The zero-order valence-electron chi connectivity index (χ0n) is 10.1.